The lowest BCUT2D eigenvalue weighted by Gasteiger charge is -2.12. The van der Waals surface area contributed by atoms with Gasteiger partial charge in [0.25, 0.3) is 5.89 Å². The minimum Gasteiger partial charge on any atom is -0.483 e. The molecular weight excluding hydrogens is 299 g/mol. The minimum atomic E-state index is -4.47. The first-order valence-corrected chi connectivity index (χ1v) is 6.68. The van der Waals surface area contributed by atoms with Crippen molar-refractivity contribution in [1.29, 1.82) is 0 Å². The highest BCUT2D eigenvalue weighted by atomic mass is 19.4. The Bertz CT molecular complexity index is 613. The van der Waals surface area contributed by atoms with Gasteiger partial charge in [0.2, 0.25) is 0 Å². The maximum Gasteiger partial charge on any atom is 0.419 e. The molecule has 0 saturated carbocycles. The zero-order valence-electron chi connectivity index (χ0n) is 12.1. The number of halogens is 3. The van der Waals surface area contributed by atoms with E-state index < -0.39 is 11.7 Å². The molecule has 0 aliphatic heterocycles. The third kappa shape index (κ3) is 4.20. The van der Waals surface area contributed by atoms with Crippen molar-refractivity contribution in [1.82, 2.24) is 15.5 Å². The first-order chi connectivity index (χ1) is 10.4. The quantitative estimate of drug-likeness (QED) is 0.888. The lowest BCUT2D eigenvalue weighted by molar-refractivity contribution is -0.139. The number of nitrogens with one attached hydrogen (secondary N) is 1. The van der Waals surface area contributed by atoms with Gasteiger partial charge in [0.05, 0.1) is 5.56 Å². The number of rotatable bonds is 6. The Hall–Kier alpha value is -2.09. The van der Waals surface area contributed by atoms with Crippen molar-refractivity contribution in [2.24, 2.45) is 0 Å². The number of benzene rings is 1. The Labute approximate surface area is 125 Å². The second-order valence-electron chi connectivity index (χ2n) is 4.78. The van der Waals surface area contributed by atoms with Gasteiger partial charge in [0, 0.05) is 12.5 Å². The van der Waals surface area contributed by atoms with E-state index in [1.807, 2.05) is 14.0 Å². The number of para-hydroxylation sites is 1. The van der Waals surface area contributed by atoms with Crippen LogP contribution in [0, 0.1) is 0 Å². The zero-order valence-corrected chi connectivity index (χ0v) is 12.1. The highest BCUT2D eigenvalue weighted by molar-refractivity contribution is 5.35. The normalized spacial score (nSPS) is 13.1. The Morgan fingerprint density at radius 1 is 1.32 bits per heavy atom. The van der Waals surface area contributed by atoms with E-state index in [9.17, 15) is 13.2 Å². The molecule has 0 spiro atoms. The van der Waals surface area contributed by atoms with Gasteiger partial charge in [0.1, 0.15) is 5.75 Å². The van der Waals surface area contributed by atoms with Crippen molar-refractivity contribution in [2.75, 3.05) is 7.05 Å². The largest absolute Gasteiger partial charge is 0.483 e. The molecule has 0 bridgehead atoms. The van der Waals surface area contributed by atoms with Gasteiger partial charge in [-0.25, -0.2) is 0 Å². The van der Waals surface area contributed by atoms with Crippen molar-refractivity contribution in [3.63, 3.8) is 0 Å². The van der Waals surface area contributed by atoms with Crippen LogP contribution < -0.4 is 10.1 Å². The molecule has 1 aromatic heterocycles. The summed E-state index contributed by atoms with van der Waals surface area (Å²) < 4.78 is 48.6. The molecule has 1 N–H and O–H groups in total. The van der Waals surface area contributed by atoms with E-state index in [1.165, 1.54) is 18.2 Å². The molecule has 22 heavy (non-hydrogen) atoms. The van der Waals surface area contributed by atoms with Gasteiger partial charge in [-0.1, -0.05) is 17.3 Å². The van der Waals surface area contributed by atoms with Crippen LogP contribution in [0.2, 0.25) is 0 Å². The highest BCUT2D eigenvalue weighted by Crippen LogP contribution is 2.36. The standard InChI is InChI=1S/C14H16F3N3O2/c1-9(18-2)7-12-19-13(22-20-12)8-21-11-6-4-3-5-10(11)14(15,16)17/h3-6,9,18H,7-8H2,1-2H3. The van der Waals surface area contributed by atoms with Crippen LogP contribution in [-0.2, 0) is 19.2 Å². The molecule has 0 fully saturated rings. The fourth-order valence-corrected chi connectivity index (χ4v) is 1.77. The van der Waals surface area contributed by atoms with Gasteiger partial charge >= 0.3 is 6.18 Å². The summed E-state index contributed by atoms with van der Waals surface area (Å²) in [5.74, 6) is 0.346. The summed E-state index contributed by atoms with van der Waals surface area (Å²) >= 11 is 0. The van der Waals surface area contributed by atoms with E-state index in [-0.39, 0.29) is 24.3 Å². The summed E-state index contributed by atoms with van der Waals surface area (Å²) in [5.41, 5.74) is -0.835. The first-order valence-electron chi connectivity index (χ1n) is 6.68. The fraction of sp³-hybridized carbons (Fsp3) is 0.429. The molecule has 0 aliphatic rings. The Morgan fingerprint density at radius 2 is 2.05 bits per heavy atom. The number of likely N-dealkylation sites (N-methyl/N-ethyl adjacent to an activating group) is 1. The van der Waals surface area contributed by atoms with Crippen molar-refractivity contribution in [2.45, 2.75) is 32.2 Å². The second kappa shape index (κ2) is 6.78. The summed E-state index contributed by atoms with van der Waals surface area (Å²) in [7, 11) is 1.81. The van der Waals surface area contributed by atoms with Crippen LogP contribution in [0.25, 0.3) is 0 Å². The third-order valence-electron chi connectivity index (χ3n) is 3.04. The molecule has 1 unspecified atom stereocenters. The molecule has 1 aromatic carbocycles. The number of nitrogens with zero attached hydrogens (tertiary/aromatic N) is 2. The average molecular weight is 315 g/mol. The van der Waals surface area contributed by atoms with Crippen LogP contribution in [0.3, 0.4) is 0 Å². The lowest BCUT2D eigenvalue weighted by atomic mass is 10.2. The summed E-state index contributed by atoms with van der Waals surface area (Å²) in [4.78, 5) is 4.08. The molecule has 0 amide bonds. The van der Waals surface area contributed by atoms with Gasteiger partial charge in [-0.05, 0) is 26.1 Å². The monoisotopic (exact) mass is 315 g/mol. The Kier molecular flexibility index (Phi) is 5.02. The van der Waals surface area contributed by atoms with Gasteiger partial charge in [0.15, 0.2) is 12.4 Å². The van der Waals surface area contributed by atoms with Crippen molar-refractivity contribution < 1.29 is 22.4 Å². The maximum absolute atomic E-state index is 12.8. The lowest BCUT2D eigenvalue weighted by Crippen LogP contribution is -2.24. The Morgan fingerprint density at radius 3 is 2.73 bits per heavy atom. The summed E-state index contributed by atoms with van der Waals surface area (Å²) in [6, 6.07) is 5.15. The molecule has 120 valence electrons. The third-order valence-corrected chi connectivity index (χ3v) is 3.04. The van der Waals surface area contributed by atoms with Crippen LogP contribution >= 0.6 is 0 Å². The van der Waals surface area contributed by atoms with E-state index in [4.69, 9.17) is 9.26 Å². The molecule has 0 saturated heterocycles. The Balaban J connectivity index is 2.02. The van der Waals surface area contributed by atoms with Gasteiger partial charge in [-0.3, -0.25) is 0 Å². The van der Waals surface area contributed by atoms with E-state index in [0.29, 0.717) is 12.2 Å². The summed E-state index contributed by atoms with van der Waals surface area (Å²) in [5, 5.41) is 6.79. The fourth-order valence-electron chi connectivity index (χ4n) is 1.77. The molecule has 1 atom stereocenters. The van der Waals surface area contributed by atoms with Crippen LogP contribution in [0.5, 0.6) is 5.75 Å². The second-order valence-corrected chi connectivity index (χ2v) is 4.78. The number of alkyl halides is 3. The van der Waals surface area contributed by atoms with Crippen LogP contribution in [0.15, 0.2) is 28.8 Å². The predicted octanol–water partition coefficient (Wildman–Crippen LogP) is 2.82. The summed E-state index contributed by atoms with van der Waals surface area (Å²) in [6.45, 7) is 1.74. The van der Waals surface area contributed by atoms with E-state index in [2.05, 4.69) is 15.5 Å². The van der Waals surface area contributed by atoms with E-state index >= 15 is 0 Å². The first kappa shape index (κ1) is 16.3. The molecule has 2 rings (SSSR count). The smallest absolute Gasteiger partial charge is 0.419 e. The molecular formula is C14H16F3N3O2. The molecule has 8 heteroatoms. The SMILES string of the molecule is CNC(C)Cc1noc(COc2ccccc2C(F)(F)F)n1. The topological polar surface area (TPSA) is 60.2 Å². The molecule has 0 aliphatic carbocycles. The van der Waals surface area contributed by atoms with E-state index in [1.54, 1.807) is 0 Å². The van der Waals surface area contributed by atoms with Gasteiger partial charge in [-0.15, -0.1) is 0 Å². The molecule has 0 radical (unpaired) electrons. The van der Waals surface area contributed by atoms with Crippen molar-refractivity contribution in [3.05, 3.63) is 41.5 Å². The minimum absolute atomic E-state index is 0.135. The van der Waals surface area contributed by atoms with Crippen molar-refractivity contribution >= 4 is 0 Å². The van der Waals surface area contributed by atoms with Crippen LogP contribution in [-0.4, -0.2) is 23.2 Å². The highest BCUT2D eigenvalue weighted by Gasteiger charge is 2.34. The van der Waals surface area contributed by atoms with Gasteiger partial charge in [-0.2, -0.15) is 18.2 Å². The van der Waals surface area contributed by atoms with Crippen molar-refractivity contribution in [3.8, 4) is 5.75 Å². The maximum atomic E-state index is 12.8. The van der Waals surface area contributed by atoms with Crippen LogP contribution in [0.1, 0.15) is 24.2 Å². The number of aromatic nitrogens is 2. The van der Waals surface area contributed by atoms with E-state index in [0.717, 1.165) is 6.07 Å². The number of hydrogen-bond acceptors (Lipinski definition) is 5. The number of hydrogen-bond donors (Lipinski definition) is 1. The molecule has 5 nitrogen and oxygen atoms in total. The van der Waals surface area contributed by atoms with Crippen LogP contribution in [0.4, 0.5) is 13.2 Å². The molecule has 2 aromatic rings. The zero-order chi connectivity index (χ0) is 16.2. The predicted molar refractivity (Wildman–Crippen MR) is 72.3 cm³/mol. The average Bonchev–Trinajstić information content (AvgIpc) is 2.92. The number of ether oxygens (including phenoxy) is 1. The summed E-state index contributed by atoms with van der Waals surface area (Å²) in [6.07, 6.45) is -3.92. The van der Waals surface area contributed by atoms with Gasteiger partial charge < -0.3 is 14.6 Å². The molecule has 1 heterocycles.